The average molecular weight is 262 g/mol. The van der Waals surface area contributed by atoms with Crippen LogP contribution in [0.1, 0.15) is 27.9 Å². The van der Waals surface area contributed by atoms with Crippen molar-refractivity contribution >= 4 is 6.29 Å². The molecule has 0 atom stereocenters. The Labute approximate surface area is 109 Å². The van der Waals surface area contributed by atoms with Crippen molar-refractivity contribution in [2.75, 3.05) is 0 Å². The Balaban J connectivity index is 2.18. The number of halogens is 2. The second-order valence-corrected chi connectivity index (χ2v) is 3.99. The molecule has 0 unspecified atom stereocenters. The van der Waals surface area contributed by atoms with Crippen LogP contribution < -0.4 is 4.74 Å². The fourth-order valence-electron chi connectivity index (χ4n) is 1.68. The Hall–Kier alpha value is -2.23. The molecule has 0 radical (unpaired) electrons. The van der Waals surface area contributed by atoms with E-state index in [1.54, 1.807) is 0 Å². The van der Waals surface area contributed by atoms with E-state index in [9.17, 15) is 13.6 Å². The number of carbonyl (C=O) groups excluding carboxylic acids is 1. The standard InChI is InChI=1S/C15H12F2O2/c16-15(17)13-8-12(9-18)6-7-14(13)19-10-11-4-2-1-3-5-11/h1-9,15H,10H2. The van der Waals surface area contributed by atoms with Crippen molar-refractivity contribution in [3.8, 4) is 5.75 Å². The topological polar surface area (TPSA) is 26.3 Å². The first-order chi connectivity index (χ1) is 9.20. The van der Waals surface area contributed by atoms with Gasteiger partial charge in [0.05, 0.1) is 5.56 Å². The molecule has 19 heavy (non-hydrogen) atoms. The normalized spacial score (nSPS) is 10.5. The Morgan fingerprint density at radius 3 is 2.47 bits per heavy atom. The zero-order valence-corrected chi connectivity index (χ0v) is 10.1. The third-order valence-electron chi connectivity index (χ3n) is 2.64. The first kappa shape index (κ1) is 13.2. The first-order valence-corrected chi connectivity index (χ1v) is 5.74. The summed E-state index contributed by atoms with van der Waals surface area (Å²) in [5.74, 6) is 0.101. The van der Waals surface area contributed by atoms with Crippen LogP contribution in [-0.2, 0) is 6.61 Å². The zero-order valence-electron chi connectivity index (χ0n) is 10.1. The van der Waals surface area contributed by atoms with E-state index in [2.05, 4.69) is 0 Å². The van der Waals surface area contributed by atoms with E-state index in [1.807, 2.05) is 30.3 Å². The molecule has 0 amide bonds. The second-order valence-electron chi connectivity index (χ2n) is 3.99. The quantitative estimate of drug-likeness (QED) is 0.761. The van der Waals surface area contributed by atoms with Gasteiger partial charge >= 0.3 is 0 Å². The van der Waals surface area contributed by atoms with Gasteiger partial charge in [-0.05, 0) is 23.8 Å². The molecule has 98 valence electrons. The van der Waals surface area contributed by atoms with Crippen molar-refractivity contribution in [3.63, 3.8) is 0 Å². The Bertz CT molecular complexity index is 553. The molecule has 2 rings (SSSR count). The number of carbonyl (C=O) groups is 1. The van der Waals surface area contributed by atoms with E-state index in [-0.39, 0.29) is 23.5 Å². The predicted molar refractivity (Wildman–Crippen MR) is 67.6 cm³/mol. The Morgan fingerprint density at radius 1 is 1.11 bits per heavy atom. The average Bonchev–Trinajstić information content (AvgIpc) is 2.46. The number of ether oxygens (including phenoxy) is 1. The third-order valence-corrected chi connectivity index (χ3v) is 2.64. The summed E-state index contributed by atoms with van der Waals surface area (Å²) < 4.78 is 31.1. The molecule has 2 aromatic carbocycles. The molecule has 2 nitrogen and oxygen atoms in total. The van der Waals surface area contributed by atoms with Crippen molar-refractivity contribution in [1.82, 2.24) is 0 Å². The number of hydrogen-bond acceptors (Lipinski definition) is 2. The summed E-state index contributed by atoms with van der Waals surface area (Å²) in [5.41, 5.74) is 0.838. The molecule has 0 aliphatic rings. The lowest BCUT2D eigenvalue weighted by atomic mass is 10.1. The Morgan fingerprint density at radius 2 is 1.84 bits per heavy atom. The van der Waals surface area contributed by atoms with Crippen LogP contribution in [0.4, 0.5) is 8.78 Å². The lowest BCUT2D eigenvalue weighted by Crippen LogP contribution is -2.00. The molecule has 0 saturated heterocycles. The second kappa shape index (κ2) is 6.09. The molecule has 0 aliphatic carbocycles. The number of benzene rings is 2. The van der Waals surface area contributed by atoms with Crippen LogP contribution in [0.25, 0.3) is 0 Å². The fourth-order valence-corrected chi connectivity index (χ4v) is 1.68. The number of alkyl halides is 2. The van der Waals surface area contributed by atoms with Gasteiger partial charge in [0.1, 0.15) is 18.6 Å². The highest BCUT2D eigenvalue weighted by molar-refractivity contribution is 5.75. The van der Waals surface area contributed by atoms with Gasteiger partial charge in [-0.15, -0.1) is 0 Å². The predicted octanol–water partition coefficient (Wildman–Crippen LogP) is 4.02. The summed E-state index contributed by atoms with van der Waals surface area (Å²) in [6, 6.07) is 13.3. The van der Waals surface area contributed by atoms with Crippen molar-refractivity contribution < 1.29 is 18.3 Å². The summed E-state index contributed by atoms with van der Waals surface area (Å²) in [5, 5.41) is 0. The lowest BCUT2D eigenvalue weighted by molar-refractivity contribution is 0.112. The van der Waals surface area contributed by atoms with E-state index in [0.717, 1.165) is 11.6 Å². The molecule has 4 heteroatoms. The summed E-state index contributed by atoms with van der Waals surface area (Å²) in [4.78, 5) is 10.6. The largest absolute Gasteiger partial charge is 0.488 e. The van der Waals surface area contributed by atoms with Gasteiger partial charge in [-0.2, -0.15) is 0 Å². The minimum atomic E-state index is -2.68. The molecule has 0 heterocycles. The van der Waals surface area contributed by atoms with E-state index in [1.165, 1.54) is 12.1 Å². The van der Waals surface area contributed by atoms with Crippen molar-refractivity contribution in [1.29, 1.82) is 0 Å². The SMILES string of the molecule is O=Cc1ccc(OCc2ccccc2)c(C(F)F)c1. The maximum Gasteiger partial charge on any atom is 0.267 e. The van der Waals surface area contributed by atoms with Crippen LogP contribution in [0, 0.1) is 0 Å². The van der Waals surface area contributed by atoms with Crippen LogP contribution >= 0.6 is 0 Å². The summed E-state index contributed by atoms with van der Waals surface area (Å²) >= 11 is 0. The van der Waals surface area contributed by atoms with Gasteiger partial charge in [0, 0.05) is 5.56 Å². The van der Waals surface area contributed by atoms with E-state index in [4.69, 9.17) is 4.74 Å². The highest BCUT2D eigenvalue weighted by Crippen LogP contribution is 2.30. The van der Waals surface area contributed by atoms with Gasteiger partial charge in [0.2, 0.25) is 0 Å². The van der Waals surface area contributed by atoms with Crippen molar-refractivity contribution in [3.05, 3.63) is 65.2 Å². The highest BCUT2D eigenvalue weighted by atomic mass is 19.3. The molecule has 0 N–H and O–H groups in total. The highest BCUT2D eigenvalue weighted by Gasteiger charge is 2.15. The molecule has 0 aliphatic heterocycles. The fraction of sp³-hybridized carbons (Fsp3) is 0.133. The van der Waals surface area contributed by atoms with Gasteiger partial charge < -0.3 is 4.74 Å². The van der Waals surface area contributed by atoms with Crippen LogP contribution in [0.5, 0.6) is 5.75 Å². The Kier molecular flexibility index (Phi) is 4.23. The molecule has 0 saturated carbocycles. The molecule has 0 aromatic heterocycles. The monoisotopic (exact) mass is 262 g/mol. The van der Waals surface area contributed by atoms with Crippen molar-refractivity contribution in [2.45, 2.75) is 13.0 Å². The van der Waals surface area contributed by atoms with Gasteiger partial charge in [-0.3, -0.25) is 4.79 Å². The van der Waals surface area contributed by atoms with Gasteiger partial charge in [-0.1, -0.05) is 30.3 Å². The van der Waals surface area contributed by atoms with Gasteiger partial charge in [0.15, 0.2) is 0 Å². The van der Waals surface area contributed by atoms with Crippen molar-refractivity contribution in [2.24, 2.45) is 0 Å². The zero-order chi connectivity index (χ0) is 13.7. The van der Waals surface area contributed by atoms with E-state index < -0.39 is 6.43 Å². The third kappa shape index (κ3) is 3.37. The maximum absolute atomic E-state index is 12.9. The minimum Gasteiger partial charge on any atom is -0.488 e. The maximum atomic E-state index is 12.9. The van der Waals surface area contributed by atoms with Crippen LogP contribution in [0.15, 0.2) is 48.5 Å². The van der Waals surface area contributed by atoms with Gasteiger partial charge in [-0.25, -0.2) is 8.78 Å². The molecular weight excluding hydrogens is 250 g/mol. The minimum absolute atomic E-state index is 0.101. The van der Waals surface area contributed by atoms with Gasteiger partial charge in [0.25, 0.3) is 6.43 Å². The first-order valence-electron chi connectivity index (χ1n) is 5.74. The molecular formula is C15H12F2O2. The number of hydrogen-bond donors (Lipinski definition) is 0. The smallest absolute Gasteiger partial charge is 0.267 e. The molecule has 0 fully saturated rings. The summed E-state index contributed by atoms with van der Waals surface area (Å²) in [7, 11) is 0. The summed E-state index contributed by atoms with van der Waals surface area (Å²) in [6.07, 6.45) is -2.14. The molecule has 0 spiro atoms. The van der Waals surface area contributed by atoms with E-state index >= 15 is 0 Å². The number of rotatable bonds is 5. The van der Waals surface area contributed by atoms with Crippen LogP contribution in [0.2, 0.25) is 0 Å². The molecule has 2 aromatic rings. The summed E-state index contributed by atoms with van der Waals surface area (Å²) in [6.45, 7) is 0.209. The lowest BCUT2D eigenvalue weighted by Gasteiger charge is -2.11. The molecule has 0 bridgehead atoms. The van der Waals surface area contributed by atoms with Crippen LogP contribution in [0.3, 0.4) is 0 Å². The van der Waals surface area contributed by atoms with Crippen LogP contribution in [-0.4, -0.2) is 6.29 Å². The van der Waals surface area contributed by atoms with E-state index in [0.29, 0.717) is 6.29 Å². The number of aldehydes is 1.